The van der Waals surface area contributed by atoms with Crippen molar-refractivity contribution in [2.24, 2.45) is 0 Å². The molecule has 0 saturated heterocycles. The minimum absolute atomic E-state index is 0.125. The maximum Gasteiger partial charge on any atom is 0.252 e. The molecule has 5 rings (SSSR count). The van der Waals surface area contributed by atoms with Gasteiger partial charge in [0.25, 0.3) is 5.91 Å². The van der Waals surface area contributed by atoms with E-state index in [2.05, 4.69) is 45.2 Å². The first-order valence-electron chi connectivity index (χ1n) is 11.5. The molecule has 0 atom stereocenters. The lowest BCUT2D eigenvalue weighted by atomic mass is 10.1. The van der Waals surface area contributed by atoms with Crippen molar-refractivity contribution in [2.75, 3.05) is 13.2 Å². The van der Waals surface area contributed by atoms with E-state index in [1.807, 2.05) is 36.4 Å². The molecule has 34 heavy (non-hydrogen) atoms. The van der Waals surface area contributed by atoms with Crippen molar-refractivity contribution in [1.29, 1.82) is 0 Å². The highest BCUT2D eigenvalue weighted by molar-refractivity contribution is 5.93. The third-order valence-corrected chi connectivity index (χ3v) is 5.81. The second kappa shape index (κ2) is 10.2. The van der Waals surface area contributed by atoms with E-state index in [4.69, 9.17) is 9.72 Å². The van der Waals surface area contributed by atoms with Gasteiger partial charge in [-0.2, -0.15) is 0 Å². The van der Waals surface area contributed by atoms with Gasteiger partial charge in [-0.3, -0.25) is 9.78 Å². The summed E-state index contributed by atoms with van der Waals surface area (Å²) in [5.41, 5.74) is 2.62. The number of hydrogen-bond donors (Lipinski definition) is 1. The van der Waals surface area contributed by atoms with Crippen LogP contribution in [0.25, 0.3) is 21.8 Å². The number of amides is 1. The number of aryl methyl sites for hydroxylation is 1. The first-order valence-corrected chi connectivity index (χ1v) is 11.5. The fraction of sp³-hybridized carbons (Fsp3) is 0.179. The van der Waals surface area contributed by atoms with Gasteiger partial charge < -0.3 is 14.6 Å². The smallest absolute Gasteiger partial charge is 0.252 e. The maximum atomic E-state index is 12.3. The quantitative estimate of drug-likeness (QED) is 0.320. The Hall–Kier alpha value is -4.19. The number of carbonyl (C=O) groups is 1. The van der Waals surface area contributed by atoms with Gasteiger partial charge in [0.05, 0.1) is 23.2 Å². The van der Waals surface area contributed by atoms with Crippen LogP contribution in [0.15, 0.2) is 91.3 Å². The van der Waals surface area contributed by atoms with Crippen molar-refractivity contribution in [2.45, 2.75) is 19.4 Å². The van der Waals surface area contributed by atoms with Crippen molar-refractivity contribution in [3.8, 4) is 5.75 Å². The summed E-state index contributed by atoms with van der Waals surface area (Å²) in [5, 5.41) is 5.35. The van der Waals surface area contributed by atoms with E-state index >= 15 is 0 Å². The second-order valence-electron chi connectivity index (χ2n) is 8.13. The number of benzene rings is 3. The molecule has 0 aliphatic heterocycles. The molecule has 0 saturated carbocycles. The highest BCUT2D eigenvalue weighted by Gasteiger charge is 2.11. The average Bonchev–Trinajstić information content (AvgIpc) is 3.24. The molecule has 1 N–H and O–H groups in total. The van der Waals surface area contributed by atoms with E-state index in [9.17, 15) is 4.79 Å². The van der Waals surface area contributed by atoms with Crippen LogP contribution in [-0.2, 0) is 13.0 Å². The molecule has 0 bridgehead atoms. The van der Waals surface area contributed by atoms with Crippen LogP contribution < -0.4 is 10.1 Å². The molecule has 2 aromatic heterocycles. The third-order valence-electron chi connectivity index (χ3n) is 5.81. The van der Waals surface area contributed by atoms with Gasteiger partial charge in [0, 0.05) is 31.9 Å². The van der Waals surface area contributed by atoms with Gasteiger partial charge in [0.1, 0.15) is 11.6 Å². The minimum Gasteiger partial charge on any atom is -0.494 e. The highest BCUT2D eigenvalue weighted by atomic mass is 16.5. The normalized spacial score (nSPS) is 11.1. The predicted molar refractivity (Wildman–Crippen MR) is 134 cm³/mol. The Morgan fingerprint density at radius 2 is 1.79 bits per heavy atom. The molecule has 0 radical (unpaired) electrons. The van der Waals surface area contributed by atoms with Gasteiger partial charge in [-0.1, -0.05) is 42.5 Å². The Morgan fingerprint density at radius 3 is 2.68 bits per heavy atom. The number of imidazole rings is 1. The molecule has 2 heterocycles. The van der Waals surface area contributed by atoms with Crippen molar-refractivity contribution in [3.05, 3.63) is 103 Å². The number of hydrogen-bond acceptors (Lipinski definition) is 4. The lowest BCUT2D eigenvalue weighted by Gasteiger charge is -2.11. The summed E-state index contributed by atoms with van der Waals surface area (Å²) in [6, 6.07) is 26.1. The molecule has 0 aliphatic rings. The molecule has 3 aromatic carbocycles. The first kappa shape index (κ1) is 21.6. The van der Waals surface area contributed by atoms with E-state index in [1.165, 1.54) is 10.8 Å². The average molecular weight is 451 g/mol. The van der Waals surface area contributed by atoms with Crippen LogP contribution in [0.1, 0.15) is 22.6 Å². The second-order valence-corrected chi connectivity index (χ2v) is 8.13. The van der Waals surface area contributed by atoms with Crippen molar-refractivity contribution in [1.82, 2.24) is 19.9 Å². The number of ether oxygens (including phenoxy) is 1. The summed E-state index contributed by atoms with van der Waals surface area (Å²) in [7, 11) is 0. The van der Waals surface area contributed by atoms with Crippen LogP contribution in [0.3, 0.4) is 0 Å². The fourth-order valence-electron chi connectivity index (χ4n) is 4.12. The molecule has 0 unspecified atom stereocenters. The van der Waals surface area contributed by atoms with Gasteiger partial charge in [-0.05, 0) is 53.6 Å². The van der Waals surface area contributed by atoms with Crippen LogP contribution in [0.4, 0.5) is 0 Å². The van der Waals surface area contributed by atoms with Crippen LogP contribution in [0.2, 0.25) is 0 Å². The Morgan fingerprint density at radius 1 is 0.941 bits per heavy atom. The van der Waals surface area contributed by atoms with E-state index in [-0.39, 0.29) is 5.91 Å². The van der Waals surface area contributed by atoms with Crippen LogP contribution in [0, 0.1) is 0 Å². The summed E-state index contributed by atoms with van der Waals surface area (Å²) in [6.07, 6.45) is 4.72. The molecular formula is C28H26N4O2. The molecule has 5 aromatic rings. The standard InChI is InChI=1S/C28H26N4O2/c33-28(23-9-5-15-29-20-23)30-16-14-27-31-25-10-3-4-11-26(25)32(27)17-6-18-34-24-13-12-21-7-1-2-8-22(21)19-24/h1-5,7-13,15,19-20H,6,14,16-18H2,(H,30,33). The van der Waals surface area contributed by atoms with Crippen LogP contribution in [0.5, 0.6) is 5.75 Å². The molecule has 1 amide bonds. The zero-order valence-corrected chi connectivity index (χ0v) is 18.9. The molecule has 170 valence electrons. The SMILES string of the molecule is O=C(NCCc1nc2ccccc2n1CCCOc1ccc2ccccc2c1)c1cccnc1. The summed E-state index contributed by atoms with van der Waals surface area (Å²) in [6.45, 7) is 1.91. The Bertz CT molecular complexity index is 1410. The minimum atomic E-state index is -0.125. The van der Waals surface area contributed by atoms with Gasteiger partial charge in [-0.15, -0.1) is 0 Å². The number of fused-ring (bicyclic) bond motifs is 2. The van der Waals surface area contributed by atoms with E-state index in [0.29, 0.717) is 25.1 Å². The molecule has 0 fully saturated rings. The van der Waals surface area contributed by atoms with Crippen molar-refractivity contribution >= 4 is 27.7 Å². The zero-order valence-electron chi connectivity index (χ0n) is 18.9. The maximum absolute atomic E-state index is 12.3. The Labute approximate surface area is 198 Å². The third kappa shape index (κ3) is 4.91. The summed E-state index contributed by atoms with van der Waals surface area (Å²) >= 11 is 0. The molecule has 6 nitrogen and oxygen atoms in total. The van der Waals surface area contributed by atoms with E-state index in [1.54, 1.807) is 24.5 Å². The highest BCUT2D eigenvalue weighted by Crippen LogP contribution is 2.21. The Kier molecular flexibility index (Phi) is 6.47. The number of rotatable bonds is 9. The molecular weight excluding hydrogens is 424 g/mol. The topological polar surface area (TPSA) is 69.0 Å². The fourth-order valence-corrected chi connectivity index (χ4v) is 4.12. The molecule has 6 heteroatoms. The number of carbonyl (C=O) groups excluding carboxylic acids is 1. The number of nitrogens with zero attached hydrogens (tertiary/aromatic N) is 3. The van der Waals surface area contributed by atoms with Crippen molar-refractivity contribution < 1.29 is 9.53 Å². The first-order chi connectivity index (χ1) is 16.8. The summed E-state index contributed by atoms with van der Waals surface area (Å²) < 4.78 is 8.26. The van der Waals surface area contributed by atoms with Gasteiger partial charge in [-0.25, -0.2) is 4.98 Å². The monoisotopic (exact) mass is 450 g/mol. The largest absolute Gasteiger partial charge is 0.494 e. The van der Waals surface area contributed by atoms with E-state index < -0.39 is 0 Å². The van der Waals surface area contributed by atoms with Crippen LogP contribution >= 0.6 is 0 Å². The van der Waals surface area contributed by atoms with Crippen molar-refractivity contribution in [3.63, 3.8) is 0 Å². The number of pyridine rings is 1. The number of aromatic nitrogens is 3. The summed E-state index contributed by atoms with van der Waals surface area (Å²) in [4.78, 5) is 21.1. The molecule has 0 aliphatic carbocycles. The zero-order chi connectivity index (χ0) is 23.2. The summed E-state index contributed by atoms with van der Waals surface area (Å²) in [5.74, 6) is 1.71. The van der Waals surface area contributed by atoms with Gasteiger partial charge >= 0.3 is 0 Å². The van der Waals surface area contributed by atoms with Gasteiger partial charge in [0.15, 0.2) is 0 Å². The number of para-hydroxylation sites is 2. The molecule has 0 spiro atoms. The lowest BCUT2D eigenvalue weighted by molar-refractivity contribution is 0.0953. The van der Waals surface area contributed by atoms with Gasteiger partial charge in [0.2, 0.25) is 0 Å². The predicted octanol–water partition coefficient (Wildman–Crippen LogP) is 5.03. The van der Waals surface area contributed by atoms with Crippen LogP contribution in [-0.4, -0.2) is 33.6 Å². The lowest BCUT2D eigenvalue weighted by Crippen LogP contribution is -2.26. The van der Waals surface area contributed by atoms with E-state index in [0.717, 1.165) is 35.6 Å². The number of nitrogens with one attached hydrogen (secondary N) is 1. The Balaban J connectivity index is 1.21.